The molecule has 0 aliphatic rings. The molecule has 1 aromatic carbocycles. The Hall–Kier alpha value is -1.31. The first-order valence-electron chi connectivity index (χ1n) is 6.20. The standard InChI is InChI=1S/C15H22O2/c1-6-7-11(3)15(16)14-12(4)8-10(2)9-13(14)17-5/h8-9,11H,6-7H2,1-5H3. The van der Waals surface area contributed by atoms with E-state index in [4.69, 9.17) is 4.74 Å². The van der Waals surface area contributed by atoms with E-state index in [9.17, 15) is 4.79 Å². The fraction of sp³-hybridized carbons (Fsp3) is 0.533. The number of aryl methyl sites for hydroxylation is 2. The Morgan fingerprint density at radius 3 is 2.53 bits per heavy atom. The number of carbonyl (C=O) groups excluding carboxylic acids is 1. The smallest absolute Gasteiger partial charge is 0.169 e. The molecular weight excluding hydrogens is 212 g/mol. The molecule has 0 heterocycles. The zero-order valence-corrected chi connectivity index (χ0v) is 11.5. The van der Waals surface area contributed by atoms with Crippen LogP contribution in [0.3, 0.4) is 0 Å². The summed E-state index contributed by atoms with van der Waals surface area (Å²) in [5.74, 6) is 0.965. The molecule has 0 amide bonds. The molecule has 0 saturated heterocycles. The topological polar surface area (TPSA) is 26.3 Å². The lowest BCUT2D eigenvalue weighted by Gasteiger charge is -2.15. The van der Waals surface area contributed by atoms with Crippen LogP contribution in [0.1, 0.15) is 48.2 Å². The Labute approximate surface area is 104 Å². The molecule has 1 atom stereocenters. The van der Waals surface area contributed by atoms with Gasteiger partial charge in [-0.2, -0.15) is 0 Å². The molecule has 0 N–H and O–H groups in total. The van der Waals surface area contributed by atoms with E-state index in [0.717, 1.165) is 29.5 Å². The highest BCUT2D eigenvalue weighted by atomic mass is 16.5. The van der Waals surface area contributed by atoms with Gasteiger partial charge in [0.1, 0.15) is 5.75 Å². The number of carbonyl (C=O) groups is 1. The van der Waals surface area contributed by atoms with Crippen LogP contribution in [0.15, 0.2) is 12.1 Å². The third-order valence-electron chi connectivity index (χ3n) is 3.08. The Bertz CT molecular complexity index is 408. The first-order chi connectivity index (χ1) is 8.01. The number of benzene rings is 1. The third kappa shape index (κ3) is 3.09. The van der Waals surface area contributed by atoms with Gasteiger partial charge in [0.2, 0.25) is 0 Å². The Morgan fingerprint density at radius 2 is 2.00 bits per heavy atom. The van der Waals surface area contributed by atoms with Crippen molar-refractivity contribution in [3.05, 3.63) is 28.8 Å². The van der Waals surface area contributed by atoms with E-state index in [1.165, 1.54) is 0 Å². The normalized spacial score (nSPS) is 12.3. The molecule has 0 fully saturated rings. The fourth-order valence-electron chi connectivity index (χ4n) is 2.22. The van der Waals surface area contributed by atoms with E-state index >= 15 is 0 Å². The van der Waals surface area contributed by atoms with Crippen LogP contribution in [-0.4, -0.2) is 12.9 Å². The summed E-state index contributed by atoms with van der Waals surface area (Å²) in [6, 6.07) is 3.97. The van der Waals surface area contributed by atoms with Gasteiger partial charge in [0.05, 0.1) is 12.7 Å². The maximum atomic E-state index is 12.4. The van der Waals surface area contributed by atoms with E-state index < -0.39 is 0 Å². The number of Topliss-reactive ketones (excluding diaryl/α,β-unsaturated/α-hetero) is 1. The first kappa shape index (κ1) is 13.8. The predicted molar refractivity (Wildman–Crippen MR) is 70.9 cm³/mol. The van der Waals surface area contributed by atoms with E-state index in [2.05, 4.69) is 6.92 Å². The monoisotopic (exact) mass is 234 g/mol. The first-order valence-corrected chi connectivity index (χ1v) is 6.20. The molecule has 1 unspecified atom stereocenters. The van der Waals surface area contributed by atoms with E-state index in [1.807, 2.05) is 32.9 Å². The van der Waals surface area contributed by atoms with E-state index in [1.54, 1.807) is 7.11 Å². The quantitative estimate of drug-likeness (QED) is 0.721. The van der Waals surface area contributed by atoms with Gasteiger partial charge in [0.15, 0.2) is 5.78 Å². The van der Waals surface area contributed by atoms with Gasteiger partial charge in [-0.05, 0) is 37.5 Å². The minimum atomic E-state index is 0.0651. The molecule has 0 aliphatic heterocycles. The summed E-state index contributed by atoms with van der Waals surface area (Å²) in [5.41, 5.74) is 2.88. The van der Waals surface area contributed by atoms with Gasteiger partial charge < -0.3 is 4.74 Å². The van der Waals surface area contributed by atoms with Crippen LogP contribution >= 0.6 is 0 Å². The molecule has 1 aromatic rings. The van der Waals surface area contributed by atoms with Crippen molar-refractivity contribution < 1.29 is 9.53 Å². The second kappa shape index (κ2) is 5.85. The van der Waals surface area contributed by atoms with Gasteiger partial charge in [-0.15, -0.1) is 0 Å². The summed E-state index contributed by atoms with van der Waals surface area (Å²) in [6.45, 7) is 8.08. The summed E-state index contributed by atoms with van der Waals surface area (Å²) in [6.07, 6.45) is 1.95. The molecule has 0 aliphatic carbocycles. The third-order valence-corrected chi connectivity index (χ3v) is 3.08. The van der Waals surface area contributed by atoms with Crippen molar-refractivity contribution >= 4 is 5.78 Å². The minimum Gasteiger partial charge on any atom is -0.496 e. The maximum absolute atomic E-state index is 12.4. The second-order valence-electron chi connectivity index (χ2n) is 4.71. The van der Waals surface area contributed by atoms with Gasteiger partial charge in [-0.1, -0.05) is 26.3 Å². The SMILES string of the molecule is CCCC(C)C(=O)c1c(C)cc(C)cc1OC. The van der Waals surface area contributed by atoms with Crippen LogP contribution in [0, 0.1) is 19.8 Å². The highest BCUT2D eigenvalue weighted by molar-refractivity contribution is 6.01. The van der Waals surface area contributed by atoms with Crippen molar-refractivity contribution in [3.8, 4) is 5.75 Å². The number of rotatable bonds is 5. The average molecular weight is 234 g/mol. The van der Waals surface area contributed by atoms with Crippen molar-refractivity contribution in [1.29, 1.82) is 0 Å². The van der Waals surface area contributed by atoms with Crippen LogP contribution < -0.4 is 4.74 Å². The predicted octanol–water partition coefficient (Wildman–Crippen LogP) is 3.93. The molecule has 0 aromatic heterocycles. The highest BCUT2D eigenvalue weighted by Crippen LogP contribution is 2.27. The Kier molecular flexibility index (Phi) is 4.73. The molecular formula is C15H22O2. The number of hydrogen-bond donors (Lipinski definition) is 0. The van der Waals surface area contributed by atoms with Crippen LogP contribution in [0.25, 0.3) is 0 Å². The van der Waals surface area contributed by atoms with Crippen LogP contribution in [0.4, 0.5) is 0 Å². The molecule has 17 heavy (non-hydrogen) atoms. The largest absolute Gasteiger partial charge is 0.496 e. The van der Waals surface area contributed by atoms with Gasteiger partial charge in [-0.25, -0.2) is 0 Å². The lowest BCUT2D eigenvalue weighted by molar-refractivity contribution is 0.0920. The summed E-state index contributed by atoms with van der Waals surface area (Å²) >= 11 is 0. The molecule has 0 bridgehead atoms. The van der Waals surface area contributed by atoms with E-state index in [0.29, 0.717) is 5.75 Å². The fourth-order valence-corrected chi connectivity index (χ4v) is 2.22. The summed E-state index contributed by atoms with van der Waals surface area (Å²) in [5, 5.41) is 0. The van der Waals surface area contributed by atoms with Crippen molar-refractivity contribution in [3.63, 3.8) is 0 Å². The molecule has 0 radical (unpaired) electrons. The molecule has 0 saturated carbocycles. The lowest BCUT2D eigenvalue weighted by Crippen LogP contribution is -2.14. The zero-order chi connectivity index (χ0) is 13.0. The highest BCUT2D eigenvalue weighted by Gasteiger charge is 2.20. The molecule has 2 nitrogen and oxygen atoms in total. The van der Waals surface area contributed by atoms with Crippen LogP contribution in [0.2, 0.25) is 0 Å². The Morgan fingerprint density at radius 1 is 1.35 bits per heavy atom. The number of hydrogen-bond acceptors (Lipinski definition) is 2. The van der Waals surface area contributed by atoms with Crippen molar-refractivity contribution in [2.75, 3.05) is 7.11 Å². The molecule has 0 spiro atoms. The second-order valence-corrected chi connectivity index (χ2v) is 4.71. The number of ketones is 1. The van der Waals surface area contributed by atoms with Gasteiger partial charge >= 0.3 is 0 Å². The zero-order valence-electron chi connectivity index (χ0n) is 11.5. The van der Waals surface area contributed by atoms with Crippen molar-refractivity contribution in [2.24, 2.45) is 5.92 Å². The summed E-state index contributed by atoms with van der Waals surface area (Å²) in [4.78, 5) is 12.4. The van der Waals surface area contributed by atoms with Gasteiger partial charge in [0.25, 0.3) is 0 Å². The molecule has 2 heteroatoms. The van der Waals surface area contributed by atoms with Gasteiger partial charge in [-0.3, -0.25) is 4.79 Å². The van der Waals surface area contributed by atoms with Crippen LogP contribution in [0.5, 0.6) is 5.75 Å². The maximum Gasteiger partial charge on any atom is 0.169 e. The van der Waals surface area contributed by atoms with Crippen LogP contribution in [-0.2, 0) is 0 Å². The Balaban J connectivity index is 3.16. The van der Waals surface area contributed by atoms with Crippen molar-refractivity contribution in [2.45, 2.75) is 40.5 Å². The molecule has 94 valence electrons. The average Bonchev–Trinajstić information content (AvgIpc) is 2.27. The van der Waals surface area contributed by atoms with Gasteiger partial charge in [0, 0.05) is 5.92 Å². The summed E-state index contributed by atoms with van der Waals surface area (Å²) in [7, 11) is 1.62. The van der Waals surface area contributed by atoms with E-state index in [-0.39, 0.29) is 11.7 Å². The lowest BCUT2D eigenvalue weighted by atomic mass is 9.91. The summed E-state index contributed by atoms with van der Waals surface area (Å²) < 4.78 is 5.34. The number of ether oxygens (including phenoxy) is 1. The molecule has 1 rings (SSSR count). The van der Waals surface area contributed by atoms with Crippen molar-refractivity contribution in [1.82, 2.24) is 0 Å². The minimum absolute atomic E-state index is 0.0651. The number of methoxy groups -OCH3 is 1.